The van der Waals surface area contributed by atoms with Crippen LogP contribution in [0.3, 0.4) is 0 Å². The van der Waals surface area contributed by atoms with Gasteiger partial charge in [0.1, 0.15) is 14.9 Å². The quantitative estimate of drug-likeness (QED) is 0.155. The van der Waals surface area contributed by atoms with E-state index < -0.39 is 8.30 Å². The molecule has 0 N–H and O–H groups in total. The normalized spacial score (nSPS) is 13.3. The van der Waals surface area contributed by atoms with Crippen molar-refractivity contribution in [2.45, 2.75) is 87.2 Å². The molecule has 27 heavy (non-hydrogen) atoms. The first-order chi connectivity index (χ1) is 11.2. The Morgan fingerprint density at radius 1 is 0.963 bits per heavy atom. The zero-order chi connectivity index (χ0) is 19.1. The van der Waals surface area contributed by atoms with Gasteiger partial charge in [-0.15, -0.1) is 0 Å². The van der Waals surface area contributed by atoms with Crippen molar-refractivity contribution in [1.29, 1.82) is 0 Å². The minimum absolute atomic E-state index is 0. The summed E-state index contributed by atoms with van der Waals surface area (Å²) in [6.07, 6.45) is 4.67. The summed E-state index contributed by atoms with van der Waals surface area (Å²) in [6.45, 7) is 31.0. The van der Waals surface area contributed by atoms with Crippen molar-refractivity contribution in [2.75, 3.05) is 19.3 Å². The summed E-state index contributed by atoms with van der Waals surface area (Å²) >= 11 is 0. The van der Waals surface area contributed by atoms with E-state index in [2.05, 4.69) is 71.8 Å². The minimum atomic E-state index is -0.597. The van der Waals surface area contributed by atoms with Gasteiger partial charge in [-0.05, 0) is 27.7 Å². The van der Waals surface area contributed by atoms with Gasteiger partial charge in [-0.2, -0.15) is 11.8 Å². The molecule has 0 fully saturated rings. The maximum absolute atomic E-state index is 6.82. The molecule has 0 saturated heterocycles. The minimum Gasteiger partial charge on any atom is -0.341 e. The third-order valence-corrected chi connectivity index (χ3v) is 5.91. The summed E-state index contributed by atoms with van der Waals surface area (Å²) in [5, 5.41) is 0. The van der Waals surface area contributed by atoms with Crippen LogP contribution < -0.4 is 0 Å². The molecule has 0 saturated carbocycles. The molecular formula is C21H45N2OPY2-2. The van der Waals surface area contributed by atoms with Gasteiger partial charge in [0.05, 0.1) is 0 Å². The van der Waals surface area contributed by atoms with Crippen molar-refractivity contribution < 1.29 is 69.9 Å². The van der Waals surface area contributed by atoms with Gasteiger partial charge in [0.25, 0.3) is 0 Å². The molecule has 0 amide bonds. The molecule has 3 unspecified atom stereocenters. The van der Waals surface area contributed by atoms with Crippen LogP contribution in [0.1, 0.15) is 75.2 Å². The van der Waals surface area contributed by atoms with Crippen LogP contribution in [0.5, 0.6) is 0 Å². The van der Waals surface area contributed by atoms with Gasteiger partial charge in [0, 0.05) is 83.7 Å². The van der Waals surface area contributed by atoms with Crippen LogP contribution in [-0.4, -0.2) is 36.1 Å². The van der Waals surface area contributed by atoms with E-state index >= 15 is 0 Å². The van der Waals surface area contributed by atoms with Crippen molar-refractivity contribution in [3.8, 4) is 0 Å². The average molecular weight is 550 g/mol. The van der Waals surface area contributed by atoms with Gasteiger partial charge in [-0.1, -0.05) is 47.5 Å². The van der Waals surface area contributed by atoms with Crippen molar-refractivity contribution in [2.24, 2.45) is 11.8 Å². The molecule has 0 aromatic heterocycles. The van der Waals surface area contributed by atoms with E-state index in [0.717, 1.165) is 12.6 Å². The van der Waals surface area contributed by atoms with Crippen LogP contribution in [0.25, 0.3) is 4.85 Å². The molecule has 0 aliphatic heterocycles. The molecule has 0 spiro atoms. The fourth-order valence-corrected chi connectivity index (χ4v) is 4.85. The van der Waals surface area contributed by atoms with Crippen molar-refractivity contribution in [3.63, 3.8) is 0 Å². The van der Waals surface area contributed by atoms with Gasteiger partial charge < -0.3 is 23.2 Å². The van der Waals surface area contributed by atoms with Gasteiger partial charge >= 0.3 is 0 Å². The van der Waals surface area contributed by atoms with E-state index in [4.69, 9.17) is 11.1 Å². The van der Waals surface area contributed by atoms with Crippen LogP contribution in [-0.2, 0) is 69.9 Å². The third kappa shape index (κ3) is 26.0. The predicted octanol–water partition coefficient (Wildman–Crippen LogP) is 7.10. The molecule has 3 atom stereocenters. The Morgan fingerprint density at radius 2 is 1.41 bits per heavy atom. The summed E-state index contributed by atoms with van der Waals surface area (Å²) < 4.78 is 8.41. The second-order valence-electron chi connectivity index (χ2n) is 7.15. The van der Waals surface area contributed by atoms with Crippen molar-refractivity contribution in [3.05, 3.63) is 25.3 Å². The summed E-state index contributed by atoms with van der Waals surface area (Å²) in [5.74, 6) is 1.11. The standard InChI is InChI=1S/C14H28N2OP.C6H13.CH4.2Y/c1-12(2)8-11-18(17-10-9-15-7)16(13(3)4)14(5)6;1-4-5-6(2)3;;;/h12-14H,1,8-11H2,2-6H3;6H,2,4-5H2,1,3H3;1H4;;/q2*-1;;;. The molecule has 0 rings (SSSR count). The zero-order valence-corrected chi connectivity index (χ0v) is 24.9. The Morgan fingerprint density at radius 3 is 1.67 bits per heavy atom. The van der Waals surface area contributed by atoms with E-state index in [1.54, 1.807) is 0 Å². The molecule has 0 heterocycles. The fourth-order valence-electron chi connectivity index (χ4n) is 2.37. The van der Waals surface area contributed by atoms with Gasteiger partial charge in [-0.25, -0.2) is 6.57 Å². The monoisotopic (exact) mass is 550 g/mol. The number of nitrogens with zero attached hydrogens (tertiary/aromatic N) is 2. The Labute approximate surface area is 224 Å². The van der Waals surface area contributed by atoms with Gasteiger partial charge in [0.15, 0.2) is 0 Å². The maximum Gasteiger partial charge on any atom is 0.238 e. The summed E-state index contributed by atoms with van der Waals surface area (Å²) in [4.78, 5) is 3.36. The fraction of sp³-hybridized carbons (Fsp3) is 0.857. The Bertz CT molecular complexity index is 314. The predicted molar refractivity (Wildman–Crippen MR) is 117 cm³/mol. The molecule has 6 heteroatoms. The van der Waals surface area contributed by atoms with Crippen LogP contribution >= 0.6 is 8.30 Å². The van der Waals surface area contributed by atoms with Crippen molar-refractivity contribution in [1.82, 2.24) is 4.67 Å². The molecule has 0 bridgehead atoms. The van der Waals surface area contributed by atoms with Gasteiger partial charge in [-0.3, -0.25) is 4.67 Å². The third-order valence-electron chi connectivity index (χ3n) is 3.35. The average Bonchev–Trinajstić information content (AvgIpc) is 2.44. The first-order valence-electron chi connectivity index (χ1n) is 9.35. The van der Waals surface area contributed by atoms with Crippen LogP contribution in [0.2, 0.25) is 0 Å². The SMILES string of the molecule is C.[C-]#[N+]CCOP(CCC([CH2-])C)N(C(C)C)C(C)C.[CH2-]C(C)CCC.[Y].[Y]. The first kappa shape index (κ1) is 39.5. The Kier molecular flexibility index (Phi) is 38.2. The maximum atomic E-state index is 6.82. The van der Waals surface area contributed by atoms with Crippen LogP contribution in [0, 0.1) is 32.3 Å². The van der Waals surface area contributed by atoms with Crippen LogP contribution in [0.4, 0.5) is 0 Å². The molecule has 0 aliphatic rings. The Balaban J connectivity index is -0.000000156. The van der Waals surface area contributed by atoms with E-state index in [1.807, 2.05) is 0 Å². The summed E-state index contributed by atoms with van der Waals surface area (Å²) in [6, 6.07) is 0.952. The van der Waals surface area contributed by atoms with E-state index in [9.17, 15) is 0 Å². The topological polar surface area (TPSA) is 16.8 Å². The van der Waals surface area contributed by atoms with Gasteiger partial charge in [0.2, 0.25) is 6.54 Å². The number of hydrogen-bond acceptors (Lipinski definition) is 2. The smallest absolute Gasteiger partial charge is 0.238 e. The van der Waals surface area contributed by atoms with E-state index in [-0.39, 0.29) is 72.8 Å². The first-order valence-corrected chi connectivity index (χ1v) is 10.7. The Hall–Kier alpha value is 2.05. The molecule has 0 aliphatic carbocycles. The van der Waals surface area contributed by atoms with Crippen molar-refractivity contribution >= 4 is 8.30 Å². The molecular weight excluding hydrogens is 505 g/mol. The number of rotatable bonds is 11. The molecule has 2 radical (unpaired) electrons. The summed E-state index contributed by atoms with van der Waals surface area (Å²) in [5.41, 5.74) is 0. The second kappa shape index (κ2) is 26.1. The zero-order valence-electron chi connectivity index (χ0n) is 18.4. The molecule has 158 valence electrons. The number of hydrogen-bond donors (Lipinski definition) is 0. The second-order valence-corrected chi connectivity index (χ2v) is 9.02. The van der Waals surface area contributed by atoms with E-state index in [0.29, 0.717) is 37.1 Å². The molecule has 3 nitrogen and oxygen atoms in total. The molecule has 0 aromatic carbocycles. The molecule has 0 aromatic rings. The largest absolute Gasteiger partial charge is 0.341 e. The van der Waals surface area contributed by atoms with E-state index in [1.165, 1.54) is 12.8 Å². The van der Waals surface area contributed by atoms with Crippen LogP contribution in [0.15, 0.2) is 0 Å². The summed E-state index contributed by atoms with van der Waals surface area (Å²) in [7, 11) is -0.597.